The van der Waals surface area contributed by atoms with Gasteiger partial charge in [0.25, 0.3) is 5.56 Å². The lowest BCUT2D eigenvalue weighted by molar-refractivity contribution is -0.200. The molecule has 0 saturated carbocycles. The van der Waals surface area contributed by atoms with Crippen molar-refractivity contribution in [1.29, 1.82) is 0 Å². The summed E-state index contributed by atoms with van der Waals surface area (Å²) < 4.78 is 23.8. The van der Waals surface area contributed by atoms with E-state index in [2.05, 4.69) is 16.2 Å². The van der Waals surface area contributed by atoms with Crippen LogP contribution in [0.1, 0.15) is 20.1 Å². The predicted molar refractivity (Wildman–Crippen MR) is 87.2 cm³/mol. The highest BCUT2D eigenvalue weighted by Gasteiger charge is 2.56. The molecule has 3 heterocycles. The van der Waals surface area contributed by atoms with E-state index in [9.17, 15) is 14.4 Å². The van der Waals surface area contributed by atoms with Gasteiger partial charge < -0.3 is 24.3 Å². The Hall–Kier alpha value is -2.61. The minimum absolute atomic E-state index is 0.0401. The predicted octanol–water partition coefficient (Wildman–Crippen LogP) is -0.686. The molecule has 4 atom stereocenters. The Bertz CT molecular complexity index is 837. The van der Waals surface area contributed by atoms with Crippen molar-refractivity contribution >= 4 is 6.09 Å². The van der Waals surface area contributed by atoms with Crippen molar-refractivity contribution in [3.63, 3.8) is 0 Å². The van der Waals surface area contributed by atoms with E-state index in [1.54, 1.807) is 13.8 Å². The molecule has 10 heteroatoms. The topological polar surface area (TPSA) is 121 Å². The number of fused-ring (bicyclic) bond motifs is 1. The van der Waals surface area contributed by atoms with E-state index in [4.69, 9.17) is 25.4 Å². The Morgan fingerprint density at radius 1 is 1.42 bits per heavy atom. The van der Waals surface area contributed by atoms with Crippen molar-refractivity contribution < 1.29 is 23.7 Å². The van der Waals surface area contributed by atoms with Crippen molar-refractivity contribution in [2.75, 3.05) is 13.2 Å². The van der Waals surface area contributed by atoms with Gasteiger partial charge in [-0.15, -0.1) is 6.42 Å². The zero-order valence-electron chi connectivity index (χ0n) is 14.3. The zero-order chi connectivity index (χ0) is 18.9. The molecule has 140 valence electrons. The Kier molecular flexibility index (Phi) is 4.86. The van der Waals surface area contributed by atoms with Gasteiger partial charge >= 0.3 is 11.8 Å². The Morgan fingerprint density at radius 2 is 2.15 bits per heavy atom. The highest BCUT2D eigenvalue weighted by molar-refractivity contribution is 5.67. The molecule has 2 fully saturated rings. The van der Waals surface area contributed by atoms with Crippen molar-refractivity contribution in [3.8, 4) is 12.3 Å². The third kappa shape index (κ3) is 3.65. The average Bonchev–Trinajstić information content (AvgIpc) is 3.04. The fourth-order valence-corrected chi connectivity index (χ4v) is 2.98. The molecule has 2 saturated heterocycles. The molecule has 0 radical (unpaired) electrons. The molecule has 1 aromatic heterocycles. The highest BCUT2D eigenvalue weighted by Crippen LogP contribution is 2.42. The van der Waals surface area contributed by atoms with Crippen LogP contribution < -0.4 is 16.6 Å². The van der Waals surface area contributed by atoms with Crippen LogP contribution in [-0.4, -0.2) is 52.9 Å². The van der Waals surface area contributed by atoms with Crippen molar-refractivity contribution in [3.05, 3.63) is 33.1 Å². The van der Waals surface area contributed by atoms with Gasteiger partial charge in [-0.25, -0.2) is 9.59 Å². The molecule has 3 rings (SSSR count). The Balaban J connectivity index is 1.78. The smallest absolute Gasteiger partial charge is 0.407 e. The van der Waals surface area contributed by atoms with E-state index in [1.807, 2.05) is 0 Å². The molecule has 0 aliphatic carbocycles. The number of carbonyl (C=O) groups is 1. The van der Waals surface area contributed by atoms with Gasteiger partial charge in [-0.2, -0.15) is 0 Å². The number of ether oxygens (including phenoxy) is 4. The van der Waals surface area contributed by atoms with Crippen LogP contribution in [0.3, 0.4) is 0 Å². The fourth-order valence-electron chi connectivity index (χ4n) is 2.98. The molecule has 26 heavy (non-hydrogen) atoms. The van der Waals surface area contributed by atoms with E-state index in [1.165, 1.54) is 16.8 Å². The maximum absolute atomic E-state index is 12.1. The first-order valence-corrected chi connectivity index (χ1v) is 7.97. The van der Waals surface area contributed by atoms with Crippen molar-refractivity contribution in [2.45, 2.75) is 44.2 Å². The number of nitrogens with one attached hydrogen (secondary N) is 2. The summed E-state index contributed by atoms with van der Waals surface area (Å²) in [5.41, 5.74) is -1.15. The number of aromatic amines is 1. The van der Waals surface area contributed by atoms with Crippen LogP contribution in [0.4, 0.5) is 4.79 Å². The van der Waals surface area contributed by atoms with Gasteiger partial charge in [0.15, 0.2) is 12.0 Å². The summed E-state index contributed by atoms with van der Waals surface area (Å²) in [5, 5.41) is 2.37. The largest absolute Gasteiger partial charge is 0.447 e. The summed E-state index contributed by atoms with van der Waals surface area (Å²) in [4.78, 5) is 37.1. The SMILES string of the molecule is C#CCNC(=O)OC[C@H]1O[C@@H](n2ccc(=O)[nH]c2=O)[C@H]2OC(C)(C)OC12. The first kappa shape index (κ1) is 18.2. The van der Waals surface area contributed by atoms with Gasteiger partial charge in [0, 0.05) is 12.3 Å². The summed E-state index contributed by atoms with van der Waals surface area (Å²) in [6.45, 7) is 3.38. The molecule has 1 unspecified atom stereocenters. The lowest BCUT2D eigenvalue weighted by atomic mass is 10.1. The first-order chi connectivity index (χ1) is 12.3. The fraction of sp³-hybridized carbons (Fsp3) is 0.562. The second kappa shape index (κ2) is 6.95. The second-order valence-electron chi connectivity index (χ2n) is 6.30. The second-order valence-corrected chi connectivity index (χ2v) is 6.30. The van der Waals surface area contributed by atoms with Crippen LogP contribution in [0.25, 0.3) is 0 Å². The lowest BCUT2D eigenvalue weighted by Gasteiger charge is -2.24. The highest BCUT2D eigenvalue weighted by atomic mass is 16.8. The number of nitrogens with zero attached hydrogens (tertiary/aromatic N) is 1. The first-order valence-electron chi connectivity index (χ1n) is 7.97. The quantitative estimate of drug-likeness (QED) is 0.678. The summed E-state index contributed by atoms with van der Waals surface area (Å²) in [6, 6.07) is 1.21. The van der Waals surface area contributed by atoms with E-state index in [0.29, 0.717) is 0 Å². The molecular weight excluding hydrogens is 346 g/mol. The number of amides is 1. The number of H-pyrrole nitrogens is 1. The number of carbonyl (C=O) groups excluding carboxylic acids is 1. The molecule has 0 spiro atoms. The summed E-state index contributed by atoms with van der Waals surface area (Å²) in [7, 11) is 0. The maximum atomic E-state index is 12.1. The van der Waals surface area contributed by atoms with Crippen LogP contribution in [0.5, 0.6) is 0 Å². The average molecular weight is 365 g/mol. The lowest BCUT2D eigenvalue weighted by Crippen LogP contribution is -2.37. The number of alkyl carbamates (subject to hydrolysis) is 1. The van der Waals surface area contributed by atoms with Crippen LogP contribution >= 0.6 is 0 Å². The molecule has 1 aromatic rings. The third-order valence-corrected chi connectivity index (χ3v) is 3.96. The number of hydrogen-bond acceptors (Lipinski definition) is 7. The maximum Gasteiger partial charge on any atom is 0.407 e. The summed E-state index contributed by atoms with van der Waals surface area (Å²) in [5.74, 6) is 1.36. The molecule has 0 bridgehead atoms. The molecule has 2 aliphatic rings. The molecule has 1 amide bonds. The van der Waals surface area contributed by atoms with Crippen LogP contribution in [0, 0.1) is 12.3 Å². The van der Waals surface area contributed by atoms with Crippen LogP contribution in [0.2, 0.25) is 0 Å². The van der Waals surface area contributed by atoms with Gasteiger partial charge in [0.1, 0.15) is 24.9 Å². The normalized spacial score (nSPS) is 29.0. The molecular formula is C16H19N3O7. The molecule has 10 nitrogen and oxygen atoms in total. The number of aromatic nitrogens is 2. The zero-order valence-corrected chi connectivity index (χ0v) is 14.3. The van der Waals surface area contributed by atoms with Gasteiger partial charge in [-0.05, 0) is 13.8 Å². The van der Waals surface area contributed by atoms with Gasteiger partial charge in [-0.3, -0.25) is 14.3 Å². The van der Waals surface area contributed by atoms with E-state index >= 15 is 0 Å². The van der Waals surface area contributed by atoms with Gasteiger partial charge in [0.05, 0.1) is 6.54 Å². The summed E-state index contributed by atoms with van der Waals surface area (Å²) in [6.07, 6.45) is 3.01. The van der Waals surface area contributed by atoms with Crippen LogP contribution in [0.15, 0.2) is 21.9 Å². The van der Waals surface area contributed by atoms with Gasteiger partial charge in [-0.1, -0.05) is 5.92 Å². The van der Waals surface area contributed by atoms with Crippen LogP contribution in [-0.2, 0) is 18.9 Å². The van der Waals surface area contributed by atoms with E-state index < -0.39 is 47.7 Å². The Labute approximate surface area is 148 Å². The minimum Gasteiger partial charge on any atom is -0.447 e. The van der Waals surface area contributed by atoms with E-state index in [-0.39, 0.29) is 13.2 Å². The number of terminal acetylenes is 1. The standard InChI is InChI=1S/C16H19N3O7/c1-4-6-17-15(22)23-8-9-11-12(26-16(2,3)25-11)13(24-9)19-7-5-10(20)18-14(19)21/h1,5,7,9,11-13H,6,8H2,2-3H3,(H,17,22)(H,18,20,21)/t9-,11?,12+,13-/m1/s1. The molecule has 2 N–H and O–H groups in total. The van der Waals surface area contributed by atoms with Crippen molar-refractivity contribution in [2.24, 2.45) is 0 Å². The molecule has 0 aromatic carbocycles. The summed E-state index contributed by atoms with van der Waals surface area (Å²) >= 11 is 0. The Morgan fingerprint density at radius 3 is 2.85 bits per heavy atom. The van der Waals surface area contributed by atoms with Crippen molar-refractivity contribution in [1.82, 2.24) is 14.9 Å². The van der Waals surface area contributed by atoms with Gasteiger partial charge in [0.2, 0.25) is 0 Å². The minimum atomic E-state index is -0.896. The monoisotopic (exact) mass is 365 g/mol. The third-order valence-electron chi connectivity index (χ3n) is 3.96. The number of rotatable bonds is 4. The van der Waals surface area contributed by atoms with E-state index in [0.717, 1.165) is 0 Å². The molecule has 2 aliphatic heterocycles. The number of hydrogen-bond donors (Lipinski definition) is 2.